The Morgan fingerprint density at radius 1 is 1.38 bits per heavy atom. The van der Waals surface area contributed by atoms with Crippen LogP contribution in [0.15, 0.2) is 18.2 Å². The maximum Gasteiger partial charge on any atom is 0.307 e. The van der Waals surface area contributed by atoms with Crippen LogP contribution in [0.25, 0.3) is 0 Å². The van der Waals surface area contributed by atoms with Crippen LogP contribution < -0.4 is 5.32 Å². The summed E-state index contributed by atoms with van der Waals surface area (Å²) in [4.78, 5) is 24.6. The molecular weight excluding hydrogens is 268 g/mol. The van der Waals surface area contributed by atoms with E-state index in [4.69, 9.17) is 5.11 Å². The molecule has 5 nitrogen and oxygen atoms in total. The van der Waals surface area contributed by atoms with Gasteiger partial charge in [0.1, 0.15) is 0 Å². The van der Waals surface area contributed by atoms with E-state index in [1.807, 2.05) is 32.0 Å². The molecule has 0 aromatic heterocycles. The van der Waals surface area contributed by atoms with Crippen molar-refractivity contribution in [2.24, 2.45) is 5.92 Å². The molecule has 1 aromatic carbocycles. The molecule has 1 atom stereocenters. The number of anilines is 1. The van der Waals surface area contributed by atoms with Gasteiger partial charge in [0.2, 0.25) is 5.91 Å². The fourth-order valence-corrected chi connectivity index (χ4v) is 2.24. The number of nitrogens with one attached hydrogen (secondary N) is 1. The van der Waals surface area contributed by atoms with Crippen molar-refractivity contribution in [3.8, 4) is 0 Å². The monoisotopic (exact) mass is 292 g/mol. The van der Waals surface area contributed by atoms with Gasteiger partial charge in [0.15, 0.2) is 0 Å². The number of carbonyl (C=O) groups is 2. The van der Waals surface area contributed by atoms with E-state index < -0.39 is 11.9 Å². The Labute approximate surface area is 126 Å². The summed E-state index contributed by atoms with van der Waals surface area (Å²) in [5.74, 6) is -1.47. The molecule has 0 aliphatic rings. The Balaban J connectivity index is 2.64. The number of carboxylic acid groups (broad SMARTS) is 1. The quantitative estimate of drug-likeness (QED) is 0.808. The number of likely N-dealkylation sites (N-methyl/N-ethyl adjacent to an activating group) is 1. The number of carboxylic acids is 1. The minimum absolute atomic E-state index is 0.126. The molecule has 2 N–H and O–H groups in total. The summed E-state index contributed by atoms with van der Waals surface area (Å²) in [6, 6.07) is 5.94. The third-order valence-electron chi connectivity index (χ3n) is 3.43. The summed E-state index contributed by atoms with van der Waals surface area (Å²) in [6.07, 6.45) is 0.850. The van der Waals surface area contributed by atoms with Crippen LogP contribution in [-0.4, -0.2) is 42.0 Å². The number of amides is 1. The maximum absolute atomic E-state index is 12.1. The first-order valence-electron chi connectivity index (χ1n) is 7.14. The third-order valence-corrected chi connectivity index (χ3v) is 3.43. The van der Waals surface area contributed by atoms with E-state index in [9.17, 15) is 9.59 Å². The van der Waals surface area contributed by atoms with E-state index in [0.29, 0.717) is 6.54 Å². The molecule has 21 heavy (non-hydrogen) atoms. The third kappa shape index (κ3) is 5.19. The number of rotatable bonds is 7. The smallest absolute Gasteiger partial charge is 0.307 e. The minimum atomic E-state index is -0.852. The Kier molecular flexibility index (Phi) is 6.37. The zero-order chi connectivity index (χ0) is 16.0. The number of para-hydroxylation sites is 1. The van der Waals surface area contributed by atoms with Crippen LogP contribution in [0.1, 0.15) is 25.0 Å². The lowest BCUT2D eigenvalue weighted by molar-refractivity contribution is -0.141. The molecule has 0 saturated heterocycles. The average molecular weight is 292 g/mol. The van der Waals surface area contributed by atoms with Crippen molar-refractivity contribution in [1.82, 2.24) is 4.90 Å². The van der Waals surface area contributed by atoms with Crippen molar-refractivity contribution in [2.45, 2.75) is 27.2 Å². The summed E-state index contributed by atoms with van der Waals surface area (Å²) in [7, 11) is 1.75. The second-order valence-electron chi connectivity index (χ2n) is 5.45. The van der Waals surface area contributed by atoms with Crippen molar-refractivity contribution in [3.63, 3.8) is 0 Å². The Hall–Kier alpha value is -1.88. The molecular formula is C16H24N2O3. The lowest BCUT2D eigenvalue weighted by Gasteiger charge is -2.19. The van der Waals surface area contributed by atoms with Crippen molar-refractivity contribution in [2.75, 3.05) is 25.5 Å². The molecule has 1 unspecified atom stereocenters. The molecule has 1 amide bonds. The van der Waals surface area contributed by atoms with Gasteiger partial charge in [-0.25, -0.2) is 0 Å². The molecule has 0 bridgehead atoms. The summed E-state index contributed by atoms with van der Waals surface area (Å²) >= 11 is 0. The highest BCUT2D eigenvalue weighted by Crippen LogP contribution is 2.20. The van der Waals surface area contributed by atoms with E-state index in [1.54, 1.807) is 18.9 Å². The minimum Gasteiger partial charge on any atom is -0.481 e. The highest BCUT2D eigenvalue weighted by Gasteiger charge is 2.16. The summed E-state index contributed by atoms with van der Waals surface area (Å²) in [5.41, 5.74) is 3.00. The topological polar surface area (TPSA) is 69.6 Å². The van der Waals surface area contributed by atoms with Crippen molar-refractivity contribution in [3.05, 3.63) is 29.3 Å². The van der Waals surface area contributed by atoms with E-state index in [2.05, 4.69) is 5.32 Å². The van der Waals surface area contributed by atoms with Gasteiger partial charge >= 0.3 is 5.97 Å². The average Bonchev–Trinajstić information content (AvgIpc) is 2.40. The fraction of sp³-hybridized carbons (Fsp3) is 0.500. The van der Waals surface area contributed by atoms with Crippen LogP contribution >= 0.6 is 0 Å². The molecule has 1 aromatic rings. The lowest BCUT2D eigenvalue weighted by atomic mass is 10.1. The molecule has 0 aliphatic carbocycles. The number of aryl methyl sites for hydroxylation is 2. The van der Waals surface area contributed by atoms with E-state index >= 15 is 0 Å². The maximum atomic E-state index is 12.1. The molecule has 0 fully saturated rings. The van der Waals surface area contributed by atoms with Crippen molar-refractivity contribution in [1.29, 1.82) is 0 Å². The SMILES string of the molecule is CCc1cccc(C)c1NC(=O)CN(C)CC(C)C(=O)O. The first-order chi connectivity index (χ1) is 9.85. The Bertz CT molecular complexity index is 514. The van der Waals surface area contributed by atoms with Gasteiger partial charge in [-0.15, -0.1) is 0 Å². The highest BCUT2D eigenvalue weighted by molar-refractivity contribution is 5.93. The first kappa shape index (κ1) is 17.2. The number of benzene rings is 1. The number of hydrogen-bond acceptors (Lipinski definition) is 3. The van der Waals surface area contributed by atoms with E-state index in [-0.39, 0.29) is 12.5 Å². The number of carbonyl (C=O) groups excluding carboxylic acids is 1. The fourth-order valence-electron chi connectivity index (χ4n) is 2.24. The van der Waals surface area contributed by atoms with Gasteiger partial charge in [0.05, 0.1) is 12.5 Å². The zero-order valence-corrected chi connectivity index (χ0v) is 13.1. The van der Waals surface area contributed by atoms with E-state index in [0.717, 1.165) is 23.2 Å². The van der Waals surface area contributed by atoms with Crippen LogP contribution in [0.3, 0.4) is 0 Å². The van der Waals surface area contributed by atoms with Crippen LogP contribution in [0.4, 0.5) is 5.69 Å². The lowest BCUT2D eigenvalue weighted by Crippen LogP contribution is -2.35. The van der Waals surface area contributed by atoms with Crippen LogP contribution in [-0.2, 0) is 16.0 Å². The van der Waals surface area contributed by atoms with Gasteiger partial charge in [0, 0.05) is 12.2 Å². The molecule has 5 heteroatoms. The normalized spacial score (nSPS) is 12.2. The predicted molar refractivity (Wildman–Crippen MR) is 83.5 cm³/mol. The molecule has 0 spiro atoms. The predicted octanol–water partition coefficient (Wildman–Crippen LogP) is 2.15. The second kappa shape index (κ2) is 7.78. The molecule has 0 aliphatic heterocycles. The number of aliphatic carboxylic acids is 1. The van der Waals surface area contributed by atoms with Gasteiger partial charge in [0.25, 0.3) is 0 Å². The molecule has 116 valence electrons. The summed E-state index contributed by atoms with van der Waals surface area (Å²) < 4.78 is 0. The Morgan fingerprint density at radius 3 is 2.62 bits per heavy atom. The van der Waals surface area contributed by atoms with Gasteiger partial charge < -0.3 is 10.4 Å². The zero-order valence-electron chi connectivity index (χ0n) is 13.1. The molecule has 0 saturated carbocycles. The van der Waals surface area contributed by atoms with Crippen LogP contribution in [0, 0.1) is 12.8 Å². The molecule has 0 heterocycles. The molecule has 0 radical (unpaired) electrons. The molecule has 1 rings (SSSR count). The van der Waals surface area contributed by atoms with Crippen LogP contribution in [0.5, 0.6) is 0 Å². The first-order valence-corrected chi connectivity index (χ1v) is 7.14. The largest absolute Gasteiger partial charge is 0.481 e. The van der Waals surface area contributed by atoms with E-state index in [1.165, 1.54) is 0 Å². The second-order valence-corrected chi connectivity index (χ2v) is 5.45. The van der Waals surface area contributed by atoms with Gasteiger partial charge in [-0.05, 0) is 31.5 Å². The number of hydrogen-bond donors (Lipinski definition) is 2. The van der Waals surface area contributed by atoms with Gasteiger partial charge in [-0.1, -0.05) is 32.0 Å². The van der Waals surface area contributed by atoms with Gasteiger partial charge in [-0.2, -0.15) is 0 Å². The standard InChI is InChI=1S/C16H24N2O3/c1-5-13-8-6-7-11(2)15(13)17-14(19)10-18(4)9-12(3)16(20)21/h6-8,12H,5,9-10H2,1-4H3,(H,17,19)(H,20,21). The van der Waals surface area contributed by atoms with Crippen molar-refractivity contribution >= 4 is 17.6 Å². The van der Waals surface area contributed by atoms with Gasteiger partial charge in [-0.3, -0.25) is 14.5 Å². The summed E-state index contributed by atoms with van der Waals surface area (Å²) in [6.45, 7) is 6.16. The highest BCUT2D eigenvalue weighted by atomic mass is 16.4. The Morgan fingerprint density at radius 2 is 2.05 bits per heavy atom. The summed E-state index contributed by atoms with van der Waals surface area (Å²) in [5, 5.41) is 11.8. The van der Waals surface area contributed by atoms with Crippen molar-refractivity contribution < 1.29 is 14.7 Å². The van der Waals surface area contributed by atoms with Crippen LogP contribution in [0.2, 0.25) is 0 Å². The number of nitrogens with zero attached hydrogens (tertiary/aromatic N) is 1.